The Labute approximate surface area is 240 Å². The van der Waals surface area contributed by atoms with Gasteiger partial charge in [0.05, 0.1) is 0 Å². The topological polar surface area (TPSA) is 63.6 Å². The summed E-state index contributed by atoms with van der Waals surface area (Å²) in [5.41, 5.74) is -1.98. The van der Waals surface area contributed by atoms with Crippen LogP contribution < -0.4 is 0 Å². The summed E-state index contributed by atoms with van der Waals surface area (Å²) in [7, 11) is 0. The highest BCUT2D eigenvalue weighted by molar-refractivity contribution is 5.83. The van der Waals surface area contributed by atoms with Crippen LogP contribution in [0.15, 0.2) is 12.7 Å². The summed E-state index contributed by atoms with van der Waals surface area (Å²) < 4.78 is 6.84. The zero-order valence-electron chi connectivity index (χ0n) is 25.2. The first-order valence-corrected chi connectivity index (χ1v) is 17.2. The Morgan fingerprint density at radius 1 is 0.590 bits per heavy atom. The molecule has 0 spiro atoms. The maximum atomic E-state index is 13.9. The van der Waals surface area contributed by atoms with Crippen molar-refractivity contribution in [2.75, 3.05) is 0 Å². The minimum Gasteiger partial charge on any atom is -0.481 e. The van der Waals surface area contributed by atoms with Gasteiger partial charge < -0.3 is 9.84 Å². The number of carboxylic acids is 1. The van der Waals surface area contributed by atoms with Crippen molar-refractivity contribution in [1.82, 2.24) is 0 Å². The van der Waals surface area contributed by atoms with E-state index in [1.165, 1.54) is 89.5 Å². The van der Waals surface area contributed by atoms with Crippen LogP contribution in [0.1, 0.15) is 173 Å². The third-order valence-corrected chi connectivity index (χ3v) is 10.7. The maximum Gasteiger partial charge on any atom is 0.330 e. The molecule has 224 valence electrons. The van der Waals surface area contributed by atoms with Crippen LogP contribution in [0, 0.1) is 17.3 Å². The highest BCUT2D eigenvalue weighted by atomic mass is 16.6. The van der Waals surface area contributed by atoms with Crippen LogP contribution in [-0.4, -0.2) is 22.6 Å². The lowest BCUT2D eigenvalue weighted by Gasteiger charge is -2.56. The van der Waals surface area contributed by atoms with Crippen molar-refractivity contribution in [2.24, 2.45) is 17.3 Å². The molecule has 0 saturated heterocycles. The minimum absolute atomic E-state index is 0.103. The second kappa shape index (κ2) is 17.5. The van der Waals surface area contributed by atoms with Gasteiger partial charge in [0.25, 0.3) is 0 Å². The summed E-state index contributed by atoms with van der Waals surface area (Å²) >= 11 is 0. The minimum atomic E-state index is -1.02. The number of rotatable bonds is 6. The molecule has 3 aliphatic carbocycles. The van der Waals surface area contributed by atoms with Crippen LogP contribution in [-0.2, 0) is 14.3 Å². The van der Waals surface area contributed by atoms with Gasteiger partial charge >= 0.3 is 11.9 Å². The monoisotopic (exact) mass is 544 g/mol. The normalized spacial score (nSPS) is 24.6. The summed E-state index contributed by atoms with van der Waals surface area (Å²) in [6, 6.07) is 0. The first-order chi connectivity index (χ1) is 19.1. The van der Waals surface area contributed by atoms with E-state index in [1.54, 1.807) is 0 Å². The van der Waals surface area contributed by atoms with Crippen molar-refractivity contribution in [3.63, 3.8) is 0 Å². The van der Waals surface area contributed by atoms with Crippen LogP contribution in [0.4, 0.5) is 0 Å². The maximum absolute atomic E-state index is 13.9. The largest absolute Gasteiger partial charge is 0.481 e. The molecule has 0 amide bonds. The van der Waals surface area contributed by atoms with Crippen LogP contribution >= 0.6 is 0 Å². The number of ether oxygens (including phenoxy) is 1. The number of carbonyl (C=O) groups is 2. The molecule has 0 unspecified atom stereocenters. The summed E-state index contributed by atoms with van der Waals surface area (Å²) in [4.78, 5) is 27.3. The summed E-state index contributed by atoms with van der Waals surface area (Å²) in [6.07, 6.45) is 31.0. The Balaban J connectivity index is 2.19. The Bertz CT molecular complexity index is 672. The van der Waals surface area contributed by atoms with Gasteiger partial charge in [0.1, 0.15) is 11.0 Å². The van der Waals surface area contributed by atoms with Gasteiger partial charge in [-0.1, -0.05) is 141 Å². The van der Waals surface area contributed by atoms with Crippen molar-refractivity contribution >= 4 is 11.9 Å². The second-order valence-electron chi connectivity index (χ2n) is 13.3. The van der Waals surface area contributed by atoms with Crippen molar-refractivity contribution in [3.8, 4) is 0 Å². The standard InChI is InChI=1S/C35H60O4/c1-2-32(36)39-35(30-24-18-12-6-3-7-13-19-25-30,31-26-20-14-8-4-9-15-21-27-31)34(33(37)38)28-22-16-10-5-11-17-23-29-34/h2,30-31H,1,3-29H2,(H,37,38). The number of esters is 1. The van der Waals surface area contributed by atoms with Gasteiger partial charge in [0.2, 0.25) is 0 Å². The van der Waals surface area contributed by atoms with Crippen molar-refractivity contribution < 1.29 is 19.4 Å². The van der Waals surface area contributed by atoms with Crippen LogP contribution in [0.25, 0.3) is 0 Å². The molecule has 3 rings (SSSR count). The van der Waals surface area contributed by atoms with E-state index in [1.807, 2.05) is 0 Å². The van der Waals surface area contributed by atoms with Crippen LogP contribution in [0.5, 0.6) is 0 Å². The van der Waals surface area contributed by atoms with Gasteiger partial charge in [0, 0.05) is 17.9 Å². The number of hydrogen-bond donors (Lipinski definition) is 1. The molecule has 0 atom stereocenters. The highest BCUT2D eigenvalue weighted by Crippen LogP contribution is 2.57. The Morgan fingerprint density at radius 2 is 0.897 bits per heavy atom. The van der Waals surface area contributed by atoms with E-state index in [4.69, 9.17) is 4.74 Å². The molecular weight excluding hydrogens is 484 g/mol. The smallest absolute Gasteiger partial charge is 0.330 e. The van der Waals surface area contributed by atoms with E-state index < -0.39 is 23.0 Å². The molecule has 0 radical (unpaired) electrons. The van der Waals surface area contributed by atoms with Gasteiger partial charge in [-0.2, -0.15) is 0 Å². The molecule has 0 aliphatic heterocycles. The molecule has 0 aromatic carbocycles. The Hall–Kier alpha value is -1.32. The zero-order valence-corrected chi connectivity index (χ0v) is 25.2. The van der Waals surface area contributed by atoms with Crippen LogP contribution in [0.2, 0.25) is 0 Å². The van der Waals surface area contributed by atoms with Gasteiger partial charge in [-0.25, -0.2) is 4.79 Å². The number of carbonyl (C=O) groups excluding carboxylic acids is 1. The summed E-state index contributed by atoms with van der Waals surface area (Å²) in [5, 5.41) is 11.4. The average Bonchev–Trinajstić information content (AvgIpc) is 2.95. The quantitative estimate of drug-likeness (QED) is 0.267. The van der Waals surface area contributed by atoms with Crippen LogP contribution in [0.3, 0.4) is 0 Å². The first-order valence-electron chi connectivity index (χ1n) is 17.2. The van der Waals surface area contributed by atoms with E-state index in [0.29, 0.717) is 12.8 Å². The predicted octanol–water partition coefficient (Wildman–Crippen LogP) is 10.3. The molecule has 4 heteroatoms. The molecule has 0 heterocycles. The Morgan fingerprint density at radius 3 is 1.21 bits per heavy atom. The Kier molecular flexibility index (Phi) is 14.4. The summed E-state index contributed by atoms with van der Waals surface area (Å²) in [5.74, 6) is -0.894. The van der Waals surface area contributed by atoms with Gasteiger partial charge in [-0.3, -0.25) is 4.79 Å². The lowest BCUT2D eigenvalue weighted by atomic mass is 9.52. The third-order valence-electron chi connectivity index (χ3n) is 10.7. The lowest BCUT2D eigenvalue weighted by molar-refractivity contribution is -0.222. The number of hydrogen-bond acceptors (Lipinski definition) is 3. The second-order valence-corrected chi connectivity index (χ2v) is 13.3. The van der Waals surface area contributed by atoms with E-state index >= 15 is 0 Å². The molecule has 0 aromatic rings. The fourth-order valence-corrected chi connectivity index (χ4v) is 8.70. The molecule has 0 aromatic heterocycles. The molecule has 1 N–H and O–H groups in total. The molecule has 4 nitrogen and oxygen atoms in total. The van der Waals surface area contributed by atoms with E-state index in [2.05, 4.69) is 6.58 Å². The van der Waals surface area contributed by atoms with E-state index in [0.717, 1.165) is 77.0 Å². The highest BCUT2D eigenvalue weighted by Gasteiger charge is 2.64. The summed E-state index contributed by atoms with van der Waals surface area (Å²) in [6.45, 7) is 3.81. The van der Waals surface area contributed by atoms with E-state index in [-0.39, 0.29) is 11.8 Å². The molecule has 3 aliphatic rings. The molecular formula is C35H60O4. The lowest BCUT2D eigenvalue weighted by Crippen LogP contribution is -2.64. The molecule has 3 saturated carbocycles. The fourth-order valence-electron chi connectivity index (χ4n) is 8.70. The molecule has 0 bridgehead atoms. The zero-order chi connectivity index (χ0) is 27.8. The number of carboxylic acid groups (broad SMARTS) is 1. The van der Waals surface area contributed by atoms with Crippen molar-refractivity contribution in [2.45, 2.75) is 179 Å². The third kappa shape index (κ3) is 8.83. The predicted molar refractivity (Wildman–Crippen MR) is 161 cm³/mol. The average molecular weight is 545 g/mol. The SMILES string of the molecule is C=CC(=O)OC(C1CCCCCCCCC1)(C1CCCCCCCCC1)C1(C(=O)O)CCCCCCCCC1. The van der Waals surface area contributed by atoms with Gasteiger partial charge in [-0.15, -0.1) is 0 Å². The first kappa shape index (κ1) is 32.2. The fraction of sp³-hybridized carbons (Fsp3) is 0.886. The molecule has 3 fully saturated rings. The van der Waals surface area contributed by atoms with Gasteiger partial charge in [0.15, 0.2) is 0 Å². The van der Waals surface area contributed by atoms with E-state index in [9.17, 15) is 14.7 Å². The number of aliphatic carboxylic acids is 1. The van der Waals surface area contributed by atoms with Crippen molar-refractivity contribution in [1.29, 1.82) is 0 Å². The van der Waals surface area contributed by atoms with Gasteiger partial charge in [-0.05, 0) is 38.5 Å². The molecule has 39 heavy (non-hydrogen) atoms. The van der Waals surface area contributed by atoms with Crippen molar-refractivity contribution in [3.05, 3.63) is 12.7 Å².